The number of rotatable bonds is 2. The number of hydrogen-bond acceptors (Lipinski definition) is 3. The zero-order chi connectivity index (χ0) is 10.8. The second-order valence-corrected chi connectivity index (χ2v) is 3.96. The van der Waals surface area contributed by atoms with Gasteiger partial charge in [-0.15, -0.1) is 0 Å². The molecule has 0 spiro atoms. The summed E-state index contributed by atoms with van der Waals surface area (Å²) >= 11 is 1.23. The molecule has 15 heavy (non-hydrogen) atoms. The Labute approximate surface area is 90.5 Å². The lowest BCUT2D eigenvalue weighted by Gasteiger charge is -2.00. The maximum atomic E-state index is 13.7. The van der Waals surface area contributed by atoms with Crippen molar-refractivity contribution in [3.8, 4) is 10.4 Å². The van der Waals surface area contributed by atoms with Crippen molar-refractivity contribution < 1.29 is 9.18 Å². The van der Waals surface area contributed by atoms with Crippen molar-refractivity contribution in [2.75, 3.05) is 0 Å². The predicted octanol–water partition coefficient (Wildman–Crippen LogP) is 3.07. The van der Waals surface area contributed by atoms with Crippen LogP contribution in [-0.4, -0.2) is 10.7 Å². The number of hydrogen-bond donors (Lipinski definition) is 0. The maximum absolute atomic E-state index is 13.7. The minimum atomic E-state index is -0.476. The molecular formula is C11H8FNOS. The average molecular weight is 221 g/mol. The third kappa shape index (κ3) is 1.80. The zero-order valence-electron chi connectivity index (χ0n) is 8.03. The van der Waals surface area contributed by atoms with Crippen LogP contribution in [0.2, 0.25) is 0 Å². The Morgan fingerprint density at radius 2 is 2.27 bits per heavy atom. The topological polar surface area (TPSA) is 30.0 Å². The summed E-state index contributed by atoms with van der Waals surface area (Å²) in [5.41, 5.74) is 1.37. The fourth-order valence-corrected chi connectivity index (χ4v) is 2.10. The third-order valence-corrected chi connectivity index (χ3v) is 2.96. The molecule has 2 aromatic rings. The number of carbonyl (C=O) groups excluding carboxylic acids is 1. The van der Waals surface area contributed by atoms with Crippen LogP contribution >= 0.6 is 11.5 Å². The molecule has 0 fully saturated rings. The van der Waals surface area contributed by atoms with Gasteiger partial charge in [-0.25, -0.2) is 4.39 Å². The Kier molecular flexibility index (Phi) is 2.60. The van der Waals surface area contributed by atoms with E-state index >= 15 is 0 Å². The van der Waals surface area contributed by atoms with Crippen LogP contribution in [0.1, 0.15) is 16.1 Å². The van der Waals surface area contributed by atoms with Gasteiger partial charge in [0.15, 0.2) is 6.29 Å². The summed E-state index contributed by atoms with van der Waals surface area (Å²) in [6, 6.07) is 6.57. The van der Waals surface area contributed by atoms with E-state index in [4.69, 9.17) is 0 Å². The Morgan fingerprint density at radius 1 is 1.47 bits per heavy atom. The van der Waals surface area contributed by atoms with Crippen molar-refractivity contribution in [1.29, 1.82) is 0 Å². The molecule has 0 aliphatic rings. The zero-order valence-corrected chi connectivity index (χ0v) is 8.84. The maximum Gasteiger partial charge on any atom is 0.153 e. The van der Waals surface area contributed by atoms with E-state index in [9.17, 15) is 9.18 Å². The van der Waals surface area contributed by atoms with Crippen LogP contribution in [0.5, 0.6) is 0 Å². The first-order valence-corrected chi connectivity index (χ1v) is 5.17. The summed E-state index contributed by atoms with van der Waals surface area (Å²) < 4.78 is 17.8. The molecule has 0 aliphatic carbocycles. The monoisotopic (exact) mass is 221 g/mol. The molecule has 0 saturated heterocycles. The molecule has 0 atom stereocenters. The van der Waals surface area contributed by atoms with Crippen LogP contribution < -0.4 is 0 Å². The smallest absolute Gasteiger partial charge is 0.153 e. The van der Waals surface area contributed by atoms with E-state index in [0.29, 0.717) is 11.8 Å². The molecule has 1 aromatic carbocycles. The quantitative estimate of drug-likeness (QED) is 0.729. The van der Waals surface area contributed by atoms with Gasteiger partial charge in [0.25, 0.3) is 0 Å². The van der Waals surface area contributed by atoms with Crippen molar-refractivity contribution in [2.45, 2.75) is 6.92 Å². The van der Waals surface area contributed by atoms with Gasteiger partial charge in [-0.2, -0.15) is 4.37 Å². The predicted molar refractivity (Wildman–Crippen MR) is 57.6 cm³/mol. The van der Waals surface area contributed by atoms with Crippen molar-refractivity contribution >= 4 is 17.8 Å². The molecule has 2 rings (SSSR count). The van der Waals surface area contributed by atoms with Gasteiger partial charge >= 0.3 is 0 Å². The standard InChI is InChI=1S/C11H8FNOS/c1-7-5-10(15-13-7)9-4-2-3-8(6-14)11(9)12/h2-6H,1H3. The van der Waals surface area contributed by atoms with Crippen molar-refractivity contribution in [3.63, 3.8) is 0 Å². The second kappa shape index (κ2) is 3.90. The Balaban J connectivity index is 2.58. The van der Waals surface area contributed by atoms with E-state index in [2.05, 4.69) is 4.37 Å². The lowest BCUT2D eigenvalue weighted by Crippen LogP contribution is -1.89. The Morgan fingerprint density at radius 3 is 2.87 bits per heavy atom. The molecule has 76 valence electrons. The van der Waals surface area contributed by atoms with Gasteiger partial charge in [0.05, 0.1) is 16.1 Å². The second-order valence-electron chi connectivity index (χ2n) is 3.16. The van der Waals surface area contributed by atoms with E-state index in [-0.39, 0.29) is 5.56 Å². The van der Waals surface area contributed by atoms with Crippen LogP contribution in [0.3, 0.4) is 0 Å². The van der Waals surface area contributed by atoms with Crippen molar-refractivity contribution in [1.82, 2.24) is 4.37 Å². The van der Waals surface area contributed by atoms with Gasteiger partial charge in [0.1, 0.15) is 5.82 Å². The molecule has 4 heteroatoms. The first kappa shape index (κ1) is 9.98. The number of aryl methyl sites for hydroxylation is 1. The molecule has 0 N–H and O–H groups in total. The van der Waals surface area contributed by atoms with Gasteiger partial charge < -0.3 is 0 Å². The minimum absolute atomic E-state index is 0.0820. The number of benzene rings is 1. The Hall–Kier alpha value is -1.55. The summed E-state index contributed by atoms with van der Waals surface area (Å²) in [5, 5.41) is 0. The molecule has 0 aliphatic heterocycles. The average Bonchev–Trinajstić information content (AvgIpc) is 2.65. The van der Waals surface area contributed by atoms with Gasteiger partial charge in [-0.05, 0) is 30.6 Å². The van der Waals surface area contributed by atoms with Crippen molar-refractivity contribution in [3.05, 3.63) is 41.3 Å². The molecule has 0 radical (unpaired) electrons. The number of aromatic nitrogens is 1. The van der Waals surface area contributed by atoms with E-state index in [1.807, 2.05) is 6.92 Å². The highest BCUT2D eigenvalue weighted by atomic mass is 32.1. The van der Waals surface area contributed by atoms with E-state index in [0.717, 1.165) is 10.6 Å². The van der Waals surface area contributed by atoms with Gasteiger partial charge in [0, 0.05) is 5.56 Å². The van der Waals surface area contributed by atoms with Crippen LogP contribution in [-0.2, 0) is 0 Å². The summed E-state index contributed by atoms with van der Waals surface area (Å²) in [6.45, 7) is 1.85. The first-order chi connectivity index (χ1) is 7.22. The normalized spacial score (nSPS) is 10.3. The molecule has 2 nitrogen and oxygen atoms in total. The summed E-state index contributed by atoms with van der Waals surface area (Å²) in [7, 11) is 0. The van der Waals surface area contributed by atoms with E-state index < -0.39 is 5.82 Å². The fraction of sp³-hybridized carbons (Fsp3) is 0.0909. The lowest BCUT2D eigenvalue weighted by molar-refractivity contribution is 0.112. The van der Waals surface area contributed by atoms with Gasteiger partial charge in [-0.1, -0.05) is 12.1 Å². The fourth-order valence-electron chi connectivity index (χ4n) is 1.32. The number of aldehydes is 1. The Bertz CT molecular complexity index is 507. The summed E-state index contributed by atoms with van der Waals surface area (Å²) in [5.74, 6) is -0.476. The van der Waals surface area contributed by atoms with E-state index in [1.165, 1.54) is 17.6 Å². The van der Waals surface area contributed by atoms with Gasteiger partial charge in [0.2, 0.25) is 0 Å². The van der Waals surface area contributed by atoms with Gasteiger partial charge in [-0.3, -0.25) is 4.79 Å². The lowest BCUT2D eigenvalue weighted by atomic mass is 10.1. The third-order valence-electron chi connectivity index (χ3n) is 2.05. The van der Waals surface area contributed by atoms with Crippen LogP contribution in [0, 0.1) is 12.7 Å². The van der Waals surface area contributed by atoms with Crippen LogP contribution in [0.25, 0.3) is 10.4 Å². The highest BCUT2D eigenvalue weighted by Gasteiger charge is 2.11. The first-order valence-electron chi connectivity index (χ1n) is 4.40. The number of halogens is 1. The summed E-state index contributed by atoms with van der Waals surface area (Å²) in [6.07, 6.45) is 0.521. The molecule has 0 amide bonds. The minimum Gasteiger partial charge on any atom is -0.298 e. The number of carbonyl (C=O) groups is 1. The molecule has 1 heterocycles. The van der Waals surface area contributed by atoms with Crippen molar-refractivity contribution in [2.24, 2.45) is 0 Å². The highest BCUT2D eigenvalue weighted by molar-refractivity contribution is 7.09. The highest BCUT2D eigenvalue weighted by Crippen LogP contribution is 2.28. The molecule has 1 aromatic heterocycles. The molecular weight excluding hydrogens is 213 g/mol. The van der Waals surface area contributed by atoms with Crippen LogP contribution in [0.15, 0.2) is 24.3 Å². The molecule has 0 bridgehead atoms. The SMILES string of the molecule is Cc1cc(-c2cccc(C=O)c2F)sn1. The molecule has 0 unspecified atom stereocenters. The van der Waals surface area contributed by atoms with Crippen LogP contribution in [0.4, 0.5) is 4.39 Å². The summed E-state index contributed by atoms with van der Waals surface area (Å²) in [4.78, 5) is 11.3. The largest absolute Gasteiger partial charge is 0.298 e. The molecule has 0 saturated carbocycles. The van der Waals surface area contributed by atoms with E-state index in [1.54, 1.807) is 18.2 Å². The number of nitrogens with zero attached hydrogens (tertiary/aromatic N) is 1.